The molecule has 2 aromatic rings. The molecule has 2 aliphatic rings. The van der Waals surface area contributed by atoms with Crippen LogP contribution in [0.15, 0.2) is 41.0 Å². The van der Waals surface area contributed by atoms with E-state index in [1.54, 1.807) is 19.3 Å². The zero-order valence-corrected chi connectivity index (χ0v) is 19.1. The molecule has 4 rings (SSSR count). The lowest BCUT2D eigenvalue weighted by atomic mass is 10.1. The Kier molecular flexibility index (Phi) is 6.57. The van der Waals surface area contributed by atoms with Gasteiger partial charge >= 0.3 is 0 Å². The minimum Gasteiger partial charge on any atom is -0.468 e. The van der Waals surface area contributed by atoms with Gasteiger partial charge in [-0.25, -0.2) is 12.7 Å². The number of anilines is 1. The van der Waals surface area contributed by atoms with E-state index in [1.807, 2.05) is 6.07 Å². The van der Waals surface area contributed by atoms with Crippen molar-refractivity contribution >= 4 is 39.1 Å². The highest BCUT2D eigenvalue weighted by Gasteiger charge is 2.42. The highest BCUT2D eigenvalue weighted by Crippen LogP contribution is 2.31. The molecule has 2 unspecified atom stereocenters. The molecule has 0 aliphatic carbocycles. The Balaban J connectivity index is 1.49. The molecule has 11 heteroatoms. The fourth-order valence-electron chi connectivity index (χ4n) is 3.97. The van der Waals surface area contributed by atoms with E-state index in [4.69, 9.17) is 20.8 Å². The van der Waals surface area contributed by atoms with Gasteiger partial charge < -0.3 is 14.5 Å². The van der Waals surface area contributed by atoms with Crippen molar-refractivity contribution in [3.8, 4) is 0 Å². The van der Waals surface area contributed by atoms with Gasteiger partial charge in [0.05, 0.1) is 53.5 Å². The van der Waals surface area contributed by atoms with E-state index in [1.165, 1.54) is 18.2 Å². The minimum atomic E-state index is -3.75. The summed E-state index contributed by atoms with van der Waals surface area (Å²) in [4.78, 5) is 27.3. The Bertz CT molecular complexity index is 1100. The van der Waals surface area contributed by atoms with Crippen LogP contribution in [-0.2, 0) is 19.6 Å². The lowest BCUT2D eigenvalue weighted by Crippen LogP contribution is -2.43. The highest BCUT2D eigenvalue weighted by molar-refractivity contribution is 7.94. The van der Waals surface area contributed by atoms with Gasteiger partial charge in [0, 0.05) is 19.6 Å². The van der Waals surface area contributed by atoms with Crippen LogP contribution in [0, 0.1) is 5.92 Å². The molecular weight excluding hydrogens is 458 g/mol. The maximum absolute atomic E-state index is 12.8. The number of morpholine rings is 1. The second-order valence-corrected chi connectivity index (χ2v) is 10.1. The number of nitrogens with zero attached hydrogens (tertiary/aromatic N) is 2. The van der Waals surface area contributed by atoms with Gasteiger partial charge in [0.25, 0.3) is 5.91 Å². The van der Waals surface area contributed by atoms with Gasteiger partial charge in [-0.1, -0.05) is 18.5 Å². The first-order valence-electron chi connectivity index (χ1n) is 10.3. The number of ether oxygens (including phenoxy) is 1. The van der Waals surface area contributed by atoms with Crippen molar-refractivity contribution < 1.29 is 27.2 Å². The number of halogens is 1. The molecule has 2 amide bonds. The van der Waals surface area contributed by atoms with Crippen LogP contribution in [0.4, 0.5) is 5.69 Å². The Hall–Kier alpha value is -2.40. The summed E-state index contributed by atoms with van der Waals surface area (Å²) < 4.78 is 36.4. The third-order valence-corrected chi connectivity index (χ3v) is 7.79. The number of hydrogen-bond donors (Lipinski definition) is 1. The fourth-order valence-corrected chi connectivity index (χ4v) is 6.04. The maximum Gasteiger partial charge on any atom is 0.252 e. The van der Waals surface area contributed by atoms with E-state index in [2.05, 4.69) is 10.2 Å². The predicted octanol–water partition coefficient (Wildman–Crippen LogP) is 2.05. The van der Waals surface area contributed by atoms with Crippen LogP contribution in [0.3, 0.4) is 0 Å². The molecule has 2 aliphatic heterocycles. The third kappa shape index (κ3) is 4.54. The van der Waals surface area contributed by atoms with Gasteiger partial charge in [-0.15, -0.1) is 0 Å². The number of furan rings is 1. The molecule has 2 saturated heterocycles. The number of nitrogens with one attached hydrogen (secondary N) is 1. The summed E-state index contributed by atoms with van der Waals surface area (Å²) in [7, 11) is -3.75. The second kappa shape index (κ2) is 9.22. The number of sulfonamides is 1. The Labute approximate surface area is 191 Å². The van der Waals surface area contributed by atoms with Crippen LogP contribution >= 0.6 is 11.6 Å². The number of hydrogen-bond acceptors (Lipinski definition) is 7. The summed E-state index contributed by atoms with van der Waals surface area (Å²) in [5.41, 5.74) is 0.315. The van der Waals surface area contributed by atoms with Gasteiger partial charge in [-0.3, -0.25) is 14.5 Å². The Morgan fingerprint density at radius 3 is 2.62 bits per heavy atom. The summed E-state index contributed by atoms with van der Waals surface area (Å²) in [5, 5.41) is 2.94. The van der Waals surface area contributed by atoms with E-state index in [9.17, 15) is 18.0 Å². The molecule has 2 fully saturated rings. The van der Waals surface area contributed by atoms with Crippen LogP contribution in [0.25, 0.3) is 0 Å². The first-order chi connectivity index (χ1) is 15.3. The SMILES string of the molecule is CC1CS(=O)(=O)N(c2ccc(C(=O)NCC(c3ccco3)N3CCOCC3)c(Cl)c2)C1=O. The average Bonchev–Trinajstić information content (AvgIpc) is 3.35. The summed E-state index contributed by atoms with van der Waals surface area (Å²) in [6, 6.07) is 7.67. The molecule has 0 spiro atoms. The molecule has 1 aromatic heterocycles. The van der Waals surface area contributed by atoms with Crippen molar-refractivity contribution in [3.63, 3.8) is 0 Å². The standard InChI is InChI=1S/C21H24ClN3O6S/c1-14-13-32(28,29)25(21(14)27)15-4-5-16(17(22)11-15)20(26)23-12-18(19-3-2-8-31-19)24-6-9-30-10-7-24/h2-5,8,11,14,18H,6-7,9-10,12-13H2,1H3,(H,23,26). The molecule has 0 bridgehead atoms. The van der Waals surface area contributed by atoms with E-state index in [0.29, 0.717) is 32.8 Å². The van der Waals surface area contributed by atoms with E-state index >= 15 is 0 Å². The lowest BCUT2D eigenvalue weighted by Gasteiger charge is -2.33. The van der Waals surface area contributed by atoms with Crippen LogP contribution in [-0.4, -0.2) is 63.7 Å². The molecule has 32 heavy (non-hydrogen) atoms. The van der Waals surface area contributed by atoms with Crippen LogP contribution < -0.4 is 9.62 Å². The highest BCUT2D eigenvalue weighted by atomic mass is 35.5. The van der Waals surface area contributed by atoms with E-state index < -0.39 is 27.8 Å². The molecule has 3 heterocycles. The first kappa shape index (κ1) is 22.8. The molecule has 1 N–H and O–H groups in total. The van der Waals surface area contributed by atoms with Gasteiger partial charge in [0.15, 0.2) is 0 Å². The number of carbonyl (C=O) groups excluding carboxylic acids is 2. The van der Waals surface area contributed by atoms with E-state index in [-0.39, 0.29) is 28.1 Å². The average molecular weight is 482 g/mol. The topological polar surface area (TPSA) is 109 Å². The van der Waals surface area contributed by atoms with Crippen molar-refractivity contribution in [2.24, 2.45) is 5.92 Å². The molecule has 1 aromatic carbocycles. The maximum atomic E-state index is 12.8. The third-order valence-electron chi connectivity index (χ3n) is 5.61. The predicted molar refractivity (Wildman–Crippen MR) is 118 cm³/mol. The Morgan fingerprint density at radius 2 is 2.03 bits per heavy atom. The van der Waals surface area contributed by atoms with Crippen LogP contribution in [0.1, 0.15) is 29.1 Å². The van der Waals surface area contributed by atoms with Crippen molar-refractivity contribution in [2.45, 2.75) is 13.0 Å². The van der Waals surface area contributed by atoms with Gasteiger partial charge in [-0.05, 0) is 30.3 Å². The van der Waals surface area contributed by atoms with Gasteiger partial charge in [0.2, 0.25) is 15.9 Å². The fraction of sp³-hybridized carbons (Fsp3) is 0.429. The zero-order chi connectivity index (χ0) is 22.9. The summed E-state index contributed by atoms with van der Waals surface area (Å²) in [5.74, 6) is -1.05. The molecule has 0 saturated carbocycles. The first-order valence-corrected chi connectivity index (χ1v) is 12.3. The molecule has 2 atom stereocenters. The zero-order valence-electron chi connectivity index (χ0n) is 17.5. The summed E-state index contributed by atoms with van der Waals surface area (Å²) in [6.45, 7) is 4.50. The summed E-state index contributed by atoms with van der Waals surface area (Å²) in [6.07, 6.45) is 1.59. The molecule has 172 valence electrons. The van der Waals surface area contributed by atoms with Gasteiger partial charge in [-0.2, -0.15) is 0 Å². The number of carbonyl (C=O) groups is 2. The number of benzene rings is 1. The summed E-state index contributed by atoms with van der Waals surface area (Å²) >= 11 is 6.30. The smallest absolute Gasteiger partial charge is 0.252 e. The monoisotopic (exact) mass is 481 g/mol. The quantitative estimate of drug-likeness (QED) is 0.672. The van der Waals surface area contributed by atoms with Crippen molar-refractivity contribution in [1.82, 2.24) is 10.2 Å². The number of amides is 2. The minimum absolute atomic E-state index is 0.0588. The van der Waals surface area contributed by atoms with E-state index in [0.717, 1.165) is 10.1 Å². The second-order valence-electron chi connectivity index (χ2n) is 7.84. The van der Waals surface area contributed by atoms with Crippen molar-refractivity contribution in [2.75, 3.05) is 42.9 Å². The van der Waals surface area contributed by atoms with Crippen molar-refractivity contribution in [1.29, 1.82) is 0 Å². The van der Waals surface area contributed by atoms with Crippen molar-refractivity contribution in [3.05, 3.63) is 52.9 Å². The van der Waals surface area contributed by atoms with Gasteiger partial charge in [0.1, 0.15) is 5.76 Å². The van der Waals surface area contributed by atoms with Crippen LogP contribution in [0.5, 0.6) is 0 Å². The largest absolute Gasteiger partial charge is 0.468 e. The lowest BCUT2D eigenvalue weighted by molar-refractivity contribution is -0.119. The Morgan fingerprint density at radius 1 is 1.28 bits per heavy atom. The number of rotatable bonds is 6. The van der Waals surface area contributed by atoms with Crippen LogP contribution in [0.2, 0.25) is 5.02 Å². The molecular formula is C21H24ClN3O6S. The molecule has 0 radical (unpaired) electrons. The normalized spacial score (nSPS) is 22.1. The molecule has 9 nitrogen and oxygen atoms in total.